The van der Waals surface area contributed by atoms with Crippen LogP contribution in [0.4, 0.5) is 5.69 Å². The van der Waals surface area contributed by atoms with Crippen molar-refractivity contribution in [3.63, 3.8) is 0 Å². The molecule has 0 saturated carbocycles. The van der Waals surface area contributed by atoms with Crippen LogP contribution in [0, 0.1) is 6.92 Å². The predicted molar refractivity (Wildman–Crippen MR) is 141 cm³/mol. The van der Waals surface area contributed by atoms with Gasteiger partial charge in [-0.2, -0.15) is 0 Å². The van der Waals surface area contributed by atoms with E-state index in [4.69, 9.17) is 0 Å². The molecule has 1 N–H and O–H groups in total. The molecule has 0 spiro atoms. The molecular formula is C28H29N5OS. The van der Waals surface area contributed by atoms with Crippen LogP contribution in [-0.2, 0) is 11.3 Å². The summed E-state index contributed by atoms with van der Waals surface area (Å²) >= 11 is 1.43. The molecule has 0 bridgehead atoms. The normalized spacial score (nSPS) is 14.7. The number of hydrogen-bond donors (Lipinski definition) is 1. The minimum atomic E-state index is -0.483. The third-order valence-corrected chi connectivity index (χ3v) is 7.36. The van der Waals surface area contributed by atoms with Crippen LogP contribution in [0.2, 0.25) is 0 Å². The third kappa shape index (κ3) is 5.63. The average molecular weight is 484 g/mol. The summed E-state index contributed by atoms with van der Waals surface area (Å²) in [5.41, 5.74) is 3.85. The van der Waals surface area contributed by atoms with Gasteiger partial charge in [0.1, 0.15) is 5.25 Å². The molecule has 1 fully saturated rings. The highest BCUT2D eigenvalue weighted by Gasteiger charge is 2.27. The van der Waals surface area contributed by atoms with Gasteiger partial charge in [0.2, 0.25) is 5.91 Å². The van der Waals surface area contributed by atoms with E-state index < -0.39 is 5.25 Å². The Balaban J connectivity index is 1.48. The third-order valence-electron chi connectivity index (χ3n) is 6.16. The summed E-state index contributed by atoms with van der Waals surface area (Å²) < 4.78 is 2.10. The van der Waals surface area contributed by atoms with E-state index >= 15 is 0 Å². The van der Waals surface area contributed by atoms with Crippen LogP contribution in [0.3, 0.4) is 0 Å². The predicted octanol–water partition coefficient (Wildman–Crippen LogP) is 5.64. The molecule has 7 heteroatoms. The Kier molecular flexibility index (Phi) is 7.25. The molecule has 35 heavy (non-hydrogen) atoms. The van der Waals surface area contributed by atoms with Crippen molar-refractivity contribution in [1.82, 2.24) is 19.7 Å². The number of hydrogen-bond acceptors (Lipinski definition) is 5. The van der Waals surface area contributed by atoms with Crippen molar-refractivity contribution < 1.29 is 4.79 Å². The van der Waals surface area contributed by atoms with E-state index in [1.807, 2.05) is 79.7 Å². The maximum Gasteiger partial charge on any atom is 0.242 e. The number of anilines is 1. The lowest BCUT2D eigenvalue weighted by molar-refractivity contribution is -0.115. The number of nitrogens with zero attached hydrogens (tertiary/aromatic N) is 4. The van der Waals surface area contributed by atoms with Gasteiger partial charge in [0, 0.05) is 11.4 Å². The summed E-state index contributed by atoms with van der Waals surface area (Å²) in [6.07, 6.45) is 2.44. The van der Waals surface area contributed by atoms with Crippen LogP contribution in [-0.4, -0.2) is 38.7 Å². The zero-order chi connectivity index (χ0) is 24.0. The first-order valence-corrected chi connectivity index (χ1v) is 12.9. The van der Waals surface area contributed by atoms with Gasteiger partial charge in [-0.25, -0.2) is 0 Å². The highest BCUT2D eigenvalue weighted by Crippen LogP contribution is 2.37. The molecule has 5 rings (SSSR count). The molecule has 3 aromatic carbocycles. The second-order valence-corrected chi connectivity index (χ2v) is 9.89. The maximum absolute atomic E-state index is 13.5. The first kappa shape index (κ1) is 23.3. The molecular weight excluding hydrogens is 454 g/mol. The summed E-state index contributed by atoms with van der Waals surface area (Å²) in [5, 5.41) is 12.5. The average Bonchev–Trinajstić information content (AvgIpc) is 3.55. The van der Waals surface area contributed by atoms with E-state index in [9.17, 15) is 4.79 Å². The highest BCUT2D eigenvalue weighted by atomic mass is 32.2. The Bertz CT molecular complexity index is 1250. The number of aromatic nitrogens is 3. The Hall–Kier alpha value is -3.42. The van der Waals surface area contributed by atoms with Gasteiger partial charge in [-0.05, 0) is 62.7 Å². The molecule has 1 aliphatic heterocycles. The topological polar surface area (TPSA) is 63.1 Å². The van der Waals surface area contributed by atoms with Crippen molar-refractivity contribution in [3.05, 3.63) is 102 Å². The fourth-order valence-corrected chi connectivity index (χ4v) is 5.38. The maximum atomic E-state index is 13.5. The lowest BCUT2D eigenvalue weighted by Crippen LogP contribution is -2.21. The smallest absolute Gasteiger partial charge is 0.242 e. The first-order valence-electron chi connectivity index (χ1n) is 12.0. The van der Waals surface area contributed by atoms with Gasteiger partial charge < -0.3 is 5.32 Å². The fourth-order valence-electron chi connectivity index (χ4n) is 4.31. The molecule has 6 nitrogen and oxygen atoms in total. The summed E-state index contributed by atoms with van der Waals surface area (Å²) in [4.78, 5) is 16.0. The molecule has 0 radical (unpaired) electrons. The lowest BCUT2D eigenvalue weighted by Gasteiger charge is -2.19. The molecule has 178 valence electrons. The van der Waals surface area contributed by atoms with Gasteiger partial charge in [0.15, 0.2) is 11.0 Å². The van der Waals surface area contributed by atoms with Crippen molar-refractivity contribution in [2.45, 2.75) is 36.7 Å². The number of benzene rings is 3. The summed E-state index contributed by atoms with van der Waals surface area (Å²) in [7, 11) is 0. The van der Waals surface area contributed by atoms with Crippen molar-refractivity contribution in [2.75, 3.05) is 18.4 Å². The number of carbonyl (C=O) groups excluding carboxylic acids is 1. The van der Waals surface area contributed by atoms with E-state index in [0.717, 1.165) is 48.0 Å². The zero-order valence-electron chi connectivity index (χ0n) is 19.8. The van der Waals surface area contributed by atoms with Crippen molar-refractivity contribution in [3.8, 4) is 5.69 Å². The molecule has 1 unspecified atom stereocenters. The summed E-state index contributed by atoms with van der Waals surface area (Å²) in [6.45, 7) is 4.93. The van der Waals surface area contributed by atoms with E-state index in [1.165, 1.54) is 24.6 Å². The number of carbonyl (C=O) groups is 1. The van der Waals surface area contributed by atoms with Gasteiger partial charge >= 0.3 is 0 Å². The van der Waals surface area contributed by atoms with Crippen molar-refractivity contribution in [1.29, 1.82) is 0 Å². The van der Waals surface area contributed by atoms with Crippen LogP contribution < -0.4 is 5.32 Å². The minimum absolute atomic E-state index is 0.0891. The molecule has 1 saturated heterocycles. The Morgan fingerprint density at radius 2 is 1.57 bits per heavy atom. The summed E-state index contributed by atoms with van der Waals surface area (Å²) in [6, 6.07) is 27.9. The second kappa shape index (κ2) is 10.9. The van der Waals surface area contributed by atoms with Crippen LogP contribution in [0.25, 0.3) is 5.69 Å². The van der Waals surface area contributed by atoms with Gasteiger partial charge in [0.25, 0.3) is 0 Å². The van der Waals surface area contributed by atoms with Crippen LogP contribution in [0.1, 0.15) is 35.0 Å². The molecule has 2 heterocycles. The molecule has 1 aromatic heterocycles. The van der Waals surface area contributed by atoms with Crippen LogP contribution in [0.5, 0.6) is 0 Å². The largest absolute Gasteiger partial charge is 0.325 e. The standard InChI is InChI=1S/C28H29N5OS/c1-21-14-16-23(17-15-21)29-27(34)26(22-10-4-2-5-11-22)35-28-31-30-25(20-32-18-8-9-19-32)33(28)24-12-6-3-7-13-24/h2-7,10-17,26H,8-9,18-20H2,1H3,(H,29,34). The number of para-hydroxylation sites is 1. The number of rotatable bonds is 8. The minimum Gasteiger partial charge on any atom is -0.325 e. The van der Waals surface area contributed by atoms with Gasteiger partial charge in [0.05, 0.1) is 6.54 Å². The quantitative estimate of drug-likeness (QED) is 0.329. The fraction of sp³-hybridized carbons (Fsp3) is 0.250. The van der Waals surface area contributed by atoms with Crippen LogP contribution in [0.15, 0.2) is 90.1 Å². The van der Waals surface area contributed by atoms with Gasteiger partial charge in [-0.1, -0.05) is 78.0 Å². The number of likely N-dealkylation sites (tertiary alicyclic amines) is 1. The Labute approximate surface area is 210 Å². The number of aryl methyl sites for hydroxylation is 1. The van der Waals surface area contributed by atoms with Crippen molar-refractivity contribution in [2.24, 2.45) is 0 Å². The molecule has 1 amide bonds. The van der Waals surface area contributed by atoms with Crippen molar-refractivity contribution >= 4 is 23.4 Å². The zero-order valence-corrected chi connectivity index (χ0v) is 20.6. The number of nitrogens with one attached hydrogen (secondary N) is 1. The monoisotopic (exact) mass is 483 g/mol. The Morgan fingerprint density at radius 1 is 0.914 bits per heavy atom. The molecule has 4 aromatic rings. The Morgan fingerprint density at radius 3 is 2.26 bits per heavy atom. The van der Waals surface area contributed by atoms with E-state index in [1.54, 1.807) is 0 Å². The van der Waals surface area contributed by atoms with Gasteiger partial charge in [-0.15, -0.1) is 10.2 Å². The van der Waals surface area contributed by atoms with E-state index in [-0.39, 0.29) is 5.91 Å². The first-order chi connectivity index (χ1) is 17.2. The summed E-state index contributed by atoms with van der Waals surface area (Å²) in [5.74, 6) is 0.806. The second-order valence-electron chi connectivity index (χ2n) is 8.82. The molecule has 1 aliphatic rings. The van der Waals surface area contributed by atoms with E-state index in [0.29, 0.717) is 5.16 Å². The number of thioether (sulfide) groups is 1. The lowest BCUT2D eigenvalue weighted by atomic mass is 10.1. The van der Waals surface area contributed by atoms with Gasteiger partial charge in [-0.3, -0.25) is 14.3 Å². The molecule has 1 atom stereocenters. The SMILES string of the molecule is Cc1ccc(NC(=O)C(Sc2nnc(CN3CCCC3)n2-c2ccccc2)c2ccccc2)cc1. The van der Waals surface area contributed by atoms with Crippen LogP contribution >= 0.6 is 11.8 Å². The number of amides is 1. The van der Waals surface area contributed by atoms with E-state index in [2.05, 4.69) is 37.1 Å². The molecule has 0 aliphatic carbocycles. The highest BCUT2D eigenvalue weighted by molar-refractivity contribution is 8.00.